The van der Waals surface area contributed by atoms with Crippen LogP contribution in [0.15, 0.2) is 5.38 Å². The van der Waals surface area contributed by atoms with Gasteiger partial charge in [0.1, 0.15) is 5.69 Å². The van der Waals surface area contributed by atoms with Crippen LogP contribution in [0.5, 0.6) is 0 Å². The Morgan fingerprint density at radius 3 is 2.93 bits per heavy atom. The smallest absolute Gasteiger partial charge is 0.294 e. The van der Waals surface area contributed by atoms with Crippen LogP contribution in [0.1, 0.15) is 15.5 Å². The number of aromatic nitrogens is 1. The van der Waals surface area contributed by atoms with E-state index in [0.717, 1.165) is 5.01 Å². The SMILES string of the molecule is Cc1nc(C(=O)NOCC(N)=O)cs1. The third-order valence-corrected chi connectivity index (χ3v) is 2.00. The Bertz CT molecular complexity index is 350. The van der Waals surface area contributed by atoms with Crippen molar-refractivity contribution < 1.29 is 14.4 Å². The second-order valence-corrected chi connectivity index (χ2v) is 3.50. The van der Waals surface area contributed by atoms with Crippen LogP contribution in [0.2, 0.25) is 0 Å². The van der Waals surface area contributed by atoms with Crippen LogP contribution in [-0.4, -0.2) is 23.4 Å². The van der Waals surface area contributed by atoms with Crippen LogP contribution in [0.3, 0.4) is 0 Å². The van der Waals surface area contributed by atoms with Crippen LogP contribution in [0, 0.1) is 6.92 Å². The molecule has 0 saturated carbocycles. The maximum atomic E-state index is 11.2. The fourth-order valence-electron chi connectivity index (χ4n) is 0.693. The quantitative estimate of drug-likeness (QED) is 0.668. The first-order valence-corrected chi connectivity index (χ1v) is 4.60. The highest BCUT2D eigenvalue weighted by molar-refractivity contribution is 7.09. The van der Waals surface area contributed by atoms with Crippen LogP contribution >= 0.6 is 11.3 Å². The second-order valence-electron chi connectivity index (χ2n) is 2.44. The first-order chi connectivity index (χ1) is 6.59. The Labute approximate surface area is 84.0 Å². The summed E-state index contributed by atoms with van der Waals surface area (Å²) in [6.07, 6.45) is 0. The van der Waals surface area contributed by atoms with Gasteiger partial charge in [0.25, 0.3) is 5.91 Å². The van der Waals surface area contributed by atoms with Crippen molar-refractivity contribution in [2.75, 3.05) is 6.61 Å². The Morgan fingerprint density at radius 1 is 1.71 bits per heavy atom. The van der Waals surface area contributed by atoms with Gasteiger partial charge in [-0.15, -0.1) is 11.3 Å². The first kappa shape index (κ1) is 10.6. The van der Waals surface area contributed by atoms with E-state index in [1.165, 1.54) is 11.3 Å². The summed E-state index contributed by atoms with van der Waals surface area (Å²) in [6, 6.07) is 0. The lowest BCUT2D eigenvalue weighted by Crippen LogP contribution is -2.29. The number of nitrogens with two attached hydrogens (primary N) is 1. The zero-order valence-corrected chi connectivity index (χ0v) is 8.26. The molecule has 0 radical (unpaired) electrons. The molecule has 2 amide bonds. The van der Waals surface area contributed by atoms with Crippen molar-refractivity contribution in [2.45, 2.75) is 6.92 Å². The Kier molecular flexibility index (Phi) is 3.55. The first-order valence-electron chi connectivity index (χ1n) is 3.72. The number of primary amides is 1. The van der Waals surface area contributed by atoms with E-state index in [9.17, 15) is 9.59 Å². The van der Waals surface area contributed by atoms with Gasteiger partial charge in [-0.25, -0.2) is 10.5 Å². The minimum atomic E-state index is -0.653. The third-order valence-electron chi connectivity index (χ3n) is 1.23. The van der Waals surface area contributed by atoms with Crippen molar-refractivity contribution in [2.24, 2.45) is 5.73 Å². The van der Waals surface area contributed by atoms with Gasteiger partial charge in [-0.2, -0.15) is 0 Å². The lowest BCUT2D eigenvalue weighted by molar-refractivity contribution is -0.124. The van der Waals surface area contributed by atoms with E-state index in [1.807, 2.05) is 5.48 Å². The highest BCUT2D eigenvalue weighted by atomic mass is 32.1. The van der Waals surface area contributed by atoms with Gasteiger partial charge in [0, 0.05) is 5.38 Å². The molecule has 0 unspecified atom stereocenters. The molecule has 3 N–H and O–H groups in total. The fraction of sp³-hybridized carbons (Fsp3) is 0.286. The molecule has 0 aliphatic carbocycles. The minimum Gasteiger partial charge on any atom is -0.368 e. The summed E-state index contributed by atoms with van der Waals surface area (Å²) < 4.78 is 0. The van der Waals surface area contributed by atoms with Gasteiger partial charge >= 0.3 is 0 Å². The number of carbonyl (C=O) groups is 2. The molecule has 0 bridgehead atoms. The molecule has 0 saturated heterocycles. The van der Waals surface area contributed by atoms with Crippen LogP contribution in [0.4, 0.5) is 0 Å². The van der Waals surface area contributed by atoms with Crippen LogP contribution in [-0.2, 0) is 9.63 Å². The second kappa shape index (κ2) is 4.68. The standard InChI is InChI=1S/C7H9N3O3S/c1-4-9-5(3-14-4)7(12)10-13-2-6(8)11/h3H,2H2,1H3,(H2,8,11)(H,10,12). The fourth-order valence-corrected chi connectivity index (χ4v) is 1.29. The van der Waals surface area contributed by atoms with Crippen LogP contribution < -0.4 is 11.2 Å². The molecule has 76 valence electrons. The molecular weight excluding hydrogens is 206 g/mol. The highest BCUT2D eigenvalue weighted by Gasteiger charge is 2.08. The van der Waals surface area contributed by atoms with Crippen molar-refractivity contribution in [3.63, 3.8) is 0 Å². The summed E-state index contributed by atoms with van der Waals surface area (Å²) in [5.74, 6) is -1.14. The number of rotatable bonds is 4. The summed E-state index contributed by atoms with van der Waals surface area (Å²) in [5.41, 5.74) is 7.10. The maximum absolute atomic E-state index is 11.2. The van der Waals surface area contributed by atoms with E-state index < -0.39 is 11.8 Å². The summed E-state index contributed by atoms with van der Waals surface area (Å²) in [5, 5.41) is 2.38. The normalized spacial score (nSPS) is 9.79. The Morgan fingerprint density at radius 2 is 2.43 bits per heavy atom. The molecule has 6 nitrogen and oxygen atoms in total. The number of amides is 2. The van der Waals surface area contributed by atoms with Crippen LogP contribution in [0.25, 0.3) is 0 Å². The van der Waals surface area contributed by atoms with Gasteiger partial charge < -0.3 is 5.73 Å². The predicted octanol–water partition coefficient (Wildman–Crippen LogP) is -0.402. The van der Waals surface area contributed by atoms with Crippen molar-refractivity contribution >= 4 is 23.2 Å². The maximum Gasteiger partial charge on any atom is 0.294 e. The number of hydroxylamine groups is 1. The van der Waals surface area contributed by atoms with Gasteiger partial charge in [-0.3, -0.25) is 14.4 Å². The van der Waals surface area contributed by atoms with E-state index in [-0.39, 0.29) is 12.3 Å². The zero-order chi connectivity index (χ0) is 10.6. The van der Waals surface area contributed by atoms with Crippen molar-refractivity contribution in [1.82, 2.24) is 10.5 Å². The molecule has 1 heterocycles. The summed E-state index contributed by atoms with van der Waals surface area (Å²) >= 11 is 1.35. The topological polar surface area (TPSA) is 94.3 Å². The molecule has 1 rings (SSSR count). The molecule has 0 aromatic carbocycles. The van der Waals surface area contributed by atoms with E-state index in [2.05, 4.69) is 9.82 Å². The van der Waals surface area contributed by atoms with Gasteiger partial charge in [0.05, 0.1) is 5.01 Å². The number of carbonyl (C=O) groups excluding carboxylic acids is 2. The molecule has 0 fully saturated rings. The molecule has 0 aliphatic heterocycles. The number of hydrogen-bond acceptors (Lipinski definition) is 5. The number of thiazole rings is 1. The summed E-state index contributed by atoms with van der Waals surface area (Å²) in [7, 11) is 0. The van der Waals surface area contributed by atoms with E-state index in [0.29, 0.717) is 0 Å². The lowest BCUT2D eigenvalue weighted by atomic mass is 10.5. The summed E-state index contributed by atoms with van der Waals surface area (Å²) in [6.45, 7) is 1.43. The number of aryl methyl sites for hydroxylation is 1. The van der Waals surface area contributed by atoms with Gasteiger partial charge in [-0.1, -0.05) is 0 Å². The number of nitrogens with one attached hydrogen (secondary N) is 1. The van der Waals surface area contributed by atoms with Gasteiger partial charge in [0.15, 0.2) is 6.61 Å². The third kappa shape index (κ3) is 3.11. The molecule has 0 spiro atoms. The average molecular weight is 215 g/mol. The molecule has 7 heteroatoms. The molecule has 0 atom stereocenters. The van der Waals surface area contributed by atoms with Crippen molar-refractivity contribution in [1.29, 1.82) is 0 Å². The molecule has 14 heavy (non-hydrogen) atoms. The van der Waals surface area contributed by atoms with E-state index >= 15 is 0 Å². The van der Waals surface area contributed by atoms with Crippen molar-refractivity contribution in [3.05, 3.63) is 16.1 Å². The molecule has 1 aromatic heterocycles. The number of hydrogen-bond donors (Lipinski definition) is 2. The lowest BCUT2D eigenvalue weighted by Gasteiger charge is -2.00. The van der Waals surface area contributed by atoms with Crippen molar-refractivity contribution in [3.8, 4) is 0 Å². The minimum absolute atomic E-state index is 0.261. The highest BCUT2D eigenvalue weighted by Crippen LogP contribution is 2.07. The van der Waals surface area contributed by atoms with E-state index in [1.54, 1.807) is 12.3 Å². The predicted molar refractivity (Wildman–Crippen MR) is 49.5 cm³/mol. The molecular formula is C7H9N3O3S. The largest absolute Gasteiger partial charge is 0.368 e. The zero-order valence-electron chi connectivity index (χ0n) is 7.44. The Hall–Kier alpha value is -1.47. The molecule has 0 aliphatic rings. The average Bonchev–Trinajstić information content (AvgIpc) is 2.51. The van der Waals surface area contributed by atoms with Gasteiger partial charge in [0.2, 0.25) is 5.91 Å². The monoisotopic (exact) mass is 215 g/mol. The molecule has 1 aromatic rings. The van der Waals surface area contributed by atoms with Gasteiger partial charge in [-0.05, 0) is 6.92 Å². The number of nitrogens with zero attached hydrogens (tertiary/aromatic N) is 1. The Balaban J connectivity index is 2.39. The van der Waals surface area contributed by atoms with E-state index in [4.69, 9.17) is 5.73 Å². The summed E-state index contributed by atoms with van der Waals surface area (Å²) in [4.78, 5) is 29.9.